The molecule has 1 aliphatic rings. The highest BCUT2D eigenvalue weighted by molar-refractivity contribution is 5.31. The van der Waals surface area contributed by atoms with Gasteiger partial charge < -0.3 is 0 Å². The fraction of sp³-hybridized carbons (Fsp3) is 0.600. The predicted molar refractivity (Wildman–Crippen MR) is 49.5 cm³/mol. The van der Waals surface area contributed by atoms with E-state index in [2.05, 4.69) is 5.10 Å². The number of aromatic nitrogens is 2. The molecule has 1 aromatic rings. The van der Waals surface area contributed by atoms with Gasteiger partial charge in [-0.2, -0.15) is 23.5 Å². The van der Waals surface area contributed by atoms with Crippen LogP contribution >= 0.6 is 0 Å². The number of nitriles is 1. The minimum absolute atomic E-state index is 0.113. The standard InChI is InChI=1S/C10H10F3N3/c11-10(12,13)9-7-3-1-2-4-8(7)16(15-9)6-5-14/h1-4,6H2. The van der Waals surface area contributed by atoms with Crippen LogP contribution in [0, 0.1) is 11.3 Å². The first kappa shape index (κ1) is 11.0. The third kappa shape index (κ3) is 1.77. The number of halogens is 3. The molecule has 0 aliphatic heterocycles. The topological polar surface area (TPSA) is 41.6 Å². The summed E-state index contributed by atoms with van der Waals surface area (Å²) in [7, 11) is 0. The van der Waals surface area contributed by atoms with Crippen molar-refractivity contribution in [3.63, 3.8) is 0 Å². The molecule has 0 saturated carbocycles. The monoisotopic (exact) mass is 229 g/mol. The first-order valence-electron chi connectivity index (χ1n) is 5.06. The second-order valence-corrected chi connectivity index (χ2v) is 3.79. The number of fused-ring (bicyclic) bond motifs is 1. The highest BCUT2D eigenvalue weighted by atomic mass is 19.4. The number of nitrogens with zero attached hydrogens (tertiary/aromatic N) is 3. The summed E-state index contributed by atoms with van der Waals surface area (Å²) in [6.07, 6.45) is -1.80. The van der Waals surface area contributed by atoms with Gasteiger partial charge in [0.25, 0.3) is 0 Å². The van der Waals surface area contributed by atoms with Gasteiger partial charge in [0.1, 0.15) is 6.54 Å². The molecule has 0 bridgehead atoms. The van der Waals surface area contributed by atoms with Gasteiger partial charge in [0.05, 0.1) is 6.07 Å². The van der Waals surface area contributed by atoms with Crippen LogP contribution in [0.1, 0.15) is 29.8 Å². The van der Waals surface area contributed by atoms with Gasteiger partial charge in [-0.15, -0.1) is 0 Å². The summed E-state index contributed by atoms with van der Waals surface area (Å²) in [5.74, 6) is 0. The summed E-state index contributed by atoms with van der Waals surface area (Å²) in [5.41, 5.74) is 0.0616. The summed E-state index contributed by atoms with van der Waals surface area (Å²) >= 11 is 0. The quantitative estimate of drug-likeness (QED) is 0.741. The van der Waals surface area contributed by atoms with Crippen molar-refractivity contribution < 1.29 is 13.2 Å². The molecule has 86 valence electrons. The molecule has 0 spiro atoms. The molecule has 1 aliphatic carbocycles. The molecule has 6 heteroatoms. The van der Waals surface area contributed by atoms with Gasteiger partial charge >= 0.3 is 6.18 Å². The van der Waals surface area contributed by atoms with Crippen molar-refractivity contribution in [3.05, 3.63) is 17.0 Å². The van der Waals surface area contributed by atoms with Crippen LogP contribution in [-0.4, -0.2) is 9.78 Å². The van der Waals surface area contributed by atoms with Crippen molar-refractivity contribution >= 4 is 0 Å². The van der Waals surface area contributed by atoms with Crippen LogP contribution in [-0.2, 0) is 25.6 Å². The summed E-state index contributed by atoms with van der Waals surface area (Å²) in [4.78, 5) is 0. The van der Waals surface area contributed by atoms with Crippen LogP contribution in [0.15, 0.2) is 0 Å². The van der Waals surface area contributed by atoms with Crippen LogP contribution in [0.2, 0.25) is 0 Å². The Balaban J connectivity index is 2.51. The second-order valence-electron chi connectivity index (χ2n) is 3.79. The molecular weight excluding hydrogens is 219 g/mol. The lowest BCUT2D eigenvalue weighted by molar-refractivity contribution is -0.142. The average Bonchev–Trinajstić information content (AvgIpc) is 2.58. The number of alkyl halides is 3. The van der Waals surface area contributed by atoms with Crippen molar-refractivity contribution in [2.75, 3.05) is 0 Å². The summed E-state index contributed by atoms with van der Waals surface area (Å²) < 4.78 is 39.2. The minimum atomic E-state index is -4.41. The largest absolute Gasteiger partial charge is 0.435 e. The van der Waals surface area contributed by atoms with Crippen molar-refractivity contribution in [2.24, 2.45) is 0 Å². The predicted octanol–water partition coefficient (Wildman–Crippen LogP) is 2.30. The Labute approximate surface area is 90.5 Å². The molecule has 0 fully saturated rings. The van der Waals surface area contributed by atoms with E-state index in [1.807, 2.05) is 6.07 Å². The van der Waals surface area contributed by atoms with E-state index in [-0.39, 0.29) is 12.1 Å². The molecule has 0 unspecified atom stereocenters. The maximum Gasteiger partial charge on any atom is 0.435 e. The summed E-state index contributed by atoms with van der Waals surface area (Å²) in [5, 5.41) is 12.1. The maximum atomic E-state index is 12.7. The Morgan fingerprint density at radius 2 is 2.00 bits per heavy atom. The normalized spacial score (nSPS) is 15.6. The van der Waals surface area contributed by atoms with Gasteiger partial charge in [0.15, 0.2) is 5.69 Å². The molecule has 16 heavy (non-hydrogen) atoms. The molecule has 0 atom stereocenters. The number of rotatable bonds is 1. The lowest BCUT2D eigenvalue weighted by atomic mass is 9.95. The lowest BCUT2D eigenvalue weighted by Crippen LogP contribution is -2.11. The van der Waals surface area contributed by atoms with Gasteiger partial charge in [0, 0.05) is 11.3 Å². The first-order valence-corrected chi connectivity index (χ1v) is 5.06. The molecule has 0 saturated heterocycles. The van der Waals surface area contributed by atoms with Crippen LogP contribution in [0.4, 0.5) is 13.2 Å². The van der Waals surface area contributed by atoms with E-state index in [4.69, 9.17) is 5.26 Å². The average molecular weight is 229 g/mol. The van der Waals surface area contributed by atoms with E-state index in [1.54, 1.807) is 0 Å². The lowest BCUT2D eigenvalue weighted by Gasteiger charge is -2.13. The first-order chi connectivity index (χ1) is 7.54. The zero-order valence-electron chi connectivity index (χ0n) is 8.51. The smallest absolute Gasteiger partial charge is 0.255 e. The fourth-order valence-corrected chi connectivity index (χ4v) is 2.10. The van der Waals surface area contributed by atoms with Gasteiger partial charge in [-0.25, -0.2) is 0 Å². The second kappa shape index (κ2) is 3.81. The van der Waals surface area contributed by atoms with Gasteiger partial charge in [0.2, 0.25) is 0 Å². The molecule has 0 radical (unpaired) electrons. The molecule has 0 amide bonds. The van der Waals surface area contributed by atoms with Crippen molar-refractivity contribution in [1.29, 1.82) is 5.26 Å². The van der Waals surface area contributed by atoms with Crippen molar-refractivity contribution in [3.8, 4) is 6.07 Å². The number of hydrogen-bond donors (Lipinski definition) is 0. The summed E-state index contributed by atoms with van der Waals surface area (Å²) in [6.45, 7) is -0.113. The highest BCUT2D eigenvalue weighted by Gasteiger charge is 2.39. The molecule has 2 rings (SSSR count). The number of hydrogen-bond acceptors (Lipinski definition) is 2. The van der Waals surface area contributed by atoms with Crippen molar-refractivity contribution in [1.82, 2.24) is 9.78 Å². The van der Waals surface area contributed by atoms with Gasteiger partial charge in [-0.1, -0.05) is 0 Å². The Morgan fingerprint density at radius 1 is 1.31 bits per heavy atom. The van der Waals surface area contributed by atoms with E-state index in [9.17, 15) is 13.2 Å². The zero-order valence-corrected chi connectivity index (χ0v) is 8.51. The van der Waals surface area contributed by atoms with E-state index < -0.39 is 11.9 Å². The minimum Gasteiger partial charge on any atom is -0.255 e. The third-order valence-electron chi connectivity index (χ3n) is 2.75. The third-order valence-corrected chi connectivity index (χ3v) is 2.75. The fourth-order valence-electron chi connectivity index (χ4n) is 2.10. The molecule has 3 nitrogen and oxygen atoms in total. The maximum absolute atomic E-state index is 12.7. The van der Waals surface area contributed by atoms with Crippen LogP contribution in [0.5, 0.6) is 0 Å². The Bertz CT molecular complexity index is 439. The van der Waals surface area contributed by atoms with E-state index in [0.717, 1.165) is 12.8 Å². The van der Waals surface area contributed by atoms with Crippen LogP contribution < -0.4 is 0 Å². The Hall–Kier alpha value is -1.51. The summed E-state index contributed by atoms with van der Waals surface area (Å²) in [6, 6.07) is 1.83. The van der Waals surface area contributed by atoms with Crippen LogP contribution in [0.25, 0.3) is 0 Å². The van der Waals surface area contributed by atoms with Crippen molar-refractivity contribution in [2.45, 2.75) is 38.4 Å². The molecule has 0 aromatic carbocycles. The molecular formula is C10H10F3N3. The zero-order chi connectivity index (χ0) is 11.8. The van der Waals surface area contributed by atoms with E-state index >= 15 is 0 Å². The van der Waals surface area contributed by atoms with Gasteiger partial charge in [-0.05, 0) is 25.7 Å². The Kier molecular flexibility index (Phi) is 2.62. The SMILES string of the molecule is N#CCn1nc(C(F)(F)F)c2c1CCCC2. The molecule has 1 aromatic heterocycles. The van der Waals surface area contributed by atoms with Gasteiger partial charge in [-0.3, -0.25) is 4.68 Å². The molecule has 0 N–H and O–H groups in total. The highest BCUT2D eigenvalue weighted by Crippen LogP contribution is 2.35. The molecule has 1 heterocycles. The van der Waals surface area contributed by atoms with E-state index in [1.165, 1.54) is 4.68 Å². The van der Waals surface area contributed by atoms with E-state index in [0.29, 0.717) is 18.5 Å². The van der Waals surface area contributed by atoms with Crippen LogP contribution in [0.3, 0.4) is 0 Å². The Morgan fingerprint density at radius 3 is 2.62 bits per heavy atom.